The van der Waals surface area contributed by atoms with E-state index in [0.29, 0.717) is 17.3 Å². The summed E-state index contributed by atoms with van der Waals surface area (Å²) in [6.45, 7) is 7.15. The monoisotopic (exact) mass is 381 g/mol. The van der Waals surface area contributed by atoms with Crippen LogP contribution in [0.1, 0.15) is 40.0 Å². The highest BCUT2D eigenvalue weighted by atomic mass is 35.5. The second-order valence-corrected chi connectivity index (χ2v) is 6.97. The van der Waals surface area contributed by atoms with Gasteiger partial charge >= 0.3 is 0 Å². The number of benzene rings is 1. The second kappa shape index (κ2) is 8.73. The minimum Gasteiger partial charge on any atom is -0.484 e. The van der Waals surface area contributed by atoms with Gasteiger partial charge in [0.15, 0.2) is 6.61 Å². The Morgan fingerprint density at radius 3 is 2.23 bits per heavy atom. The van der Waals surface area contributed by atoms with Crippen LogP contribution in [0, 0.1) is 0 Å². The van der Waals surface area contributed by atoms with Crippen molar-refractivity contribution in [2.45, 2.75) is 51.1 Å². The third kappa shape index (κ3) is 4.89. The molecule has 0 aromatic heterocycles. The van der Waals surface area contributed by atoms with Crippen LogP contribution in [0.5, 0.6) is 5.75 Å². The number of hydrogen-bond donors (Lipinski definition) is 3. The third-order valence-electron chi connectivity index (χ3n) is 4.53. The van der Waals surface area contributed by atoms with Crippen molar-refractivity contribution in [1.29, 1.82) is 0 Å². The molecule has 0 saturated heterocycles. The van der Waals surface area contributed by atoms with E-state index < -0.39 is 0 Å². The zero-order chi connectivity index (χ0) is 19.2. The number of hydrogen-bond acceptors (Lipinski definition) is 4. The van der Waals surface area contributed by atoms with Crippen molar-refractivity contribution >= 4 is 23.4 Å². The summed E-state index contributed by atoms with van der Waals surface area (Å²) in [7, 11) is 0. The van der Waals surface area contributed by atoms with Gasteiger partial charge in [-0.2, -0.15) is 0 Å². The maximum atomic E-state index is 12.0. The highest BCUT2D eigenvalue weighted by molar-refractivity contribution is 6.30. The highest BCUT2D eigenvalue weighted by Gasteiger charge is 2.85. The predicted molar refractivity (Wildman–Crippen MR) is 102 cm³/mol. The zero-order valence-electron chi connectivity index (χ0n) is 15.7. The minimum absolute atomic E-state index is 0.0190. The fourth-order valence-corrected chi connectivity index (χ4v) is 3.10. The summed E-state index contributed by atoms with van der Waals surface area (Å²) in [5.74, 6) is 0.400. The molecule has 2 amide bonds. The van der Waals surface area contributed by atoms with Gasteiger partial charge in [0, 0.05) is 5.02 Å². The molecule has 6 nitrogen and oxygen atoms in total. The van der Waals surface area contributed by atoms with Crippen LogP contribution in [-0.4, -0.2) is 42.6 Å². The van der Waals surface area contributed by atoms with E-state index in [1.165, 1.54) is 0 Å². The molecule has 144 valence electrons. The average Bonchev–Trinajstić information content (AvgIpc) is 3.41. The van der Waals surface area contributed by atoms with E-state index in [9.17, 15) is 9.59 Å². The number of rotatable bonds is 9. The Balaban J connectivity index is 0.00000117. The van der Waals surface area contributed by atoms with Crippen molar-refractivity contribution in [3.8, 4) is 5.75 Å². The molecule has 2 aliphatic carbocycles. The topological polar surface area (TPSA) is 79.5 Å². The lowest BCUT2D eigenvalue weighted by Gasteiger charge is -2.08. The Hall–Kier alpha value is -1.79. The average molecular weight is 382 g/mol. The Bertz CT molecular complexity index is 627. The van der Waals surface area contributed by atoms with E-state index in [4.69, 9.17) is 16.3 Å². The van der Waals surface area contributed by atoms with Crippen molar-refractivity contribution in [3.63, 3.8) is 0 Å². The molecule has 2 aliphatic rings. The van der Waals surface area contributed by atoms with Gasteiger partial charge in [0.05, 0.1) is 17.6 Å². The number of ether oxygens (including phenoxy) is 1. The van der Waals surface area contributed by atoms with Crippen molar-refractivity contribution in [2.75, 3.05) is 19.7 Å². The third-order valence-corrected chi connectivity index (χ3v) is 4.78. The summed E-state index contributed by atoms with van der Waals surface area (Å²) in [6.07, 6.45) is 2.59. The van der Waals surface area contributed by atoms with E-state index in [-0.39, 0.29) is 29.5 Å². The van der Waals surface area contributed by atoms with Crippen LogP contribution < -0.4 is 20.7 Å². The SMILES string of the molecule is CC.CCCNCC(=O)NC12CC1(NC(=O)COc1ccc(Cl)cc1)C2. The number of carbonyl (C=O) groups is 2. The smallest absolute Gasteiger partial charge is 0.258 e. The summed E-state index contributed by atoms with van der Waals surface area (Å²) in [5, 5.41) is 9.68. The number of nitrogens with one attached hydrogen (secondary N) is 3. The molecule has 3 rings (SSSR count). The number of carbonyl (C=O) groups excluding carboxylic acids is 2. The van der Waals surface area contributed by atoms with Crippen LogP contribution in [0.15, 0.2) is 24.3 Å². The first kappa shape index (κ1) is 20.5. The van der Waals surface area contributed by atoms with Gasteiger partial charge in [0.1, 0.15) is 5.75 Å². The fourth-order valence-electron chi connectivity index (χ4n) is 2.98. The first-order valence-corrected chi connectivity index (χ1v) is 9.57. The lowest BCUT2D eigenvalue weighted by molar-refractivity contribution is -0.124. The maximum Gasteiger partial charge on any atom is 0.258 e. The van der Waals surface area contributed by atoms with Gasteiger partial charge in [0.2, 0.25) is 5.91 Å². The summed E-state index contributed by atoms with van der Waals surface area (Å²) in [6, 6.07) is 6.86. The summed E-state index contributed by atoms with van der Waals surface area (Å²) >= 11 is 5.80. The van der Waals surface area contributed by atoms with Gasteiger partial charge in [-0.15, -0.1) is 0 Å². The Labute approximate surface area is 160 Å². The first-order chi connectivity index (χ1) is 12.5. The Kier molecular flexibility index (Phi) is 6.89. The molecular weight excluding hydrogens is 354 g/mol. The van der Waals surface area contributed by atoms with Crippen molar-refractivity contribution in [3.05, 3.63) is 29.3 Å². The summed E-state index contributed by atoms with van der Waals surface area (Å²) in [5.41, 5.74) is -0.484. The number of halogens is 1. The Morgan fingerprint density at radius 2 is 1.65 bits per heavy atom. The molecule has 1 aromatic carbocycles. The highest BCUT2D eigenvalue weighted by Crippen LogP contribution is 2.70. The second-order valence-electron chi connectivity index (χ2n) is 6.53. The molecule has 0 heterocycles. The van der Waals surface area contributed by atoms with E-state index >= 15 is 0 Å². The van der Waals surface area contributed by atoms with Crippen LogP contribution >= 0.6 is 11.6 Å². The fraction of sp³-hybridized carbons (Fsp3) is 0.579. The van der Waals surface area contributed by atoms with Gasteiger partial charge in [-0.3, -0.25) is 9.59 Å². The molecule has 1 aromatic rings. The molecule has 3 N–H and O–H groups in total. The zero-order valence-corrected chi connectivity index (χ0v) is 16.4. The lowest BCUT2D eigenvalue weighted by atomic mass is 10.3. The van der Waals surface area contributed by atoms with Crippen molar-refractivity contribution in [2.24, 2.45) is 0 Å². The van der Waals surface area contributed by atoms with Gasteiger partial charge in [-0.25, -0.2) is 0 Å². The van der Waals surface area contributed by atoms with E-state index in [1.54, 1.807) is 24.3 Å². The van der Waals surface area contributed by atoms with E-state index in [1.807, 2.05) is 13.8 Å². The first-order valence-electron chi connectivity index (χ1n) is 9.20. The molecule has 2 fully saturated rings. The van der Waals surface area contributed by atoms with Crippen LogP contribution in [0.3, 0.4) is 0 Å². The summed E-state index contributed by atoms with van der Waals surface area (Å²) < 4.78 is 5.43. The quantitative estimate of drug-likeness (QED) is 0.573. The number of amides is 2. The molecule has 2 saturated carbocycles. The lowest BCUT2D eigenvalue weighted by Crippen LogP contribution is -2.40. The molecule has 0 bridgehead atoms. The number of fused-ring (bicyclic) bond motifs is 1. The predicted octanol–water partition coefficient (Wildman–Crippen LogP) is 2.26. The molecule has 0 aliphatic heterocycles. The van der Waals surface area contributed by atoms with Gasteiger partial charge in [-0.05, 0) is 50.1 Å². The summed E-state index contributed by atoms with van der Waals surface area (Å²) in [4.78, 5) is 23.9. The van der Waals surface area contributed by atoms with Gasteiger partial charge < -0.3 is 20.7 Å². The van der Waals surface area contributed by atoms with Crippen LogP contribution in [0.2, 0.25) is 5.02 Å². The standard InChI is InChI=1S/C17H22ClN3O3.C2H6/c1-2-7-19-8-14(22)20-16-10-17(16,11-16)21-15(23)9-24-13-5-3-12(18)4-6-13;1-2/h3-6,19H,2,7-11H2,1H3,(H,20,22)(H,21,23);1-2H3. The Morgan fingerprint density at radius 1 is 1.08 bits per heavy atom. The van der Waals surface area contributed by atoms with Crippen molar-refractivity contribution < 1.29 is 14.3 Å². The molecule has 26 heavy (non-hydrogen) atoms. The minimum atomic E-state index is -0.256. The molecule has 0 unspecified atom stereocenters. The molecule has 7 heteroatoms. The largest absolute Gasteiger partial charge is 0.484 e. The van der Waals surface area contributed by atoms with Gasteiger partial charge in [0.25, 0.3) is 5.91 Å². The molecule has 0 spiro atoms. The van der Waals surface area contributed by atoms with Crippen LogP contribution in [-0.2, 0) is 9.59 Å². The normalized spacial score (nSPS) is 24.5. The molecular formula is C19H28ClN3O3. The van der Waals surface area contributed by atoms with E-state index in [2.05, 4.69) is 22.9 Å². The maximum absolute atomic E-state index is 12.0. The molecule has 0 radical (unpaired) electrons. The molecule has 0 atom stereocenters. The van der Waals surface area contributed by atoms with Crippen LogP contribution in [0.4, 0.5) is 0 Å². The van der Waals surface area contributed by atoms with Crippen molar-refractivity contribution in [1.82, 2.24) is 16.0 Å². The van der Waals surface area contributed by atoms with Crippen LogP contribution in [0.25, 0.3) is 0 Å². The van der Waals surface area contributed by atoms with E-state index in [0.717, 1.165) is 25.8 Å². The van der Waals surface area contributed by atoms with Gasteiger partial charge in [-0.1, -0.05) is 32.4 Å².